The predicted molar refractivity (Wildman–Crippen MR) is 108 cm³/mol. The van der Waals surface area contributed by atoms with Crippen molar-refractivity contribution in [1.29, 1.82) is 0 Å². The smallest absolute Gasteiger partial charge is 0.409 e. The number of carbonyl (C=O) groups is 2. The van der Waals surface area contributed by atoms with Crippen LogP contribution in [0, 0.1) is 13.8 Å². The van der Waals surface area contributed by atoms with Crippen LogP contribution in [0.5, 0.6) is 0 Å². The third kappa shape index (κ3) is 4.79. The van der Waals surface area contributed by atoms with Crippen LogP contribution < -0.4 is 5.32 Å². The lowest BCUT2D eigenvalue weighted by molar-refractivity contribution is 0.0570. The molecule has 0 aliphatic carbocycles. The molecule has 28 heavy (non-hydrogen) atoms. The summed E-state index contributed by atoms with van der Waals surface area (Å²) in [7, 11) is 0. The normalized spacial score (nSPS) is 14.0. The number of rotatable bonds is 4. The van der Waals surface area contributed by atoms with E-state index in [9.17, 15) is 9.59 Å². The first-order valence-corrected chi connectivity index (χ1v) is 9.48. The molecular weight excluding hydrogens is 356 g/mol. The highest BCUT2D eigenvalue weighted by Gasteiger charge is 2.25. The average Bonchev–Trinajstić information content (AvgIpc) is 2.67. The van der Waals surface area contributed by atoms with Crippen molar-refractivity contribution < 1.29 is 14.3 Å². The summed E-state index contributed by atoms with van der Waals surface area (Å²) in [5.74, 6) is 0.614. The van der Waals surface area contributed by atoms with Gasteiger partial charge in [0.25, 0.3) is 5.91 Å². The lowest BCUT2D eigenvalue weighted by Crippen LogP contribution is -2.50. The number of amides is 2. The zero-order valence-electron chi connectivity index (χ0n) is 16.6. The van der Waals surface area contributed by atoms with Gasteiger partial charge in [-0.1, -0.05) is 6.07 Å². The highest BCUT2D eigenvalue weighted by Crippen LogP contribution is 2.19. The molecule has 1 saturated heterocycles. The molecule has 148 valence electrons. The summed E-state index contributed by atoms with van der Waals surface area (Å²) in [5.41, 5.74) is 3.86. The molecule has 1 aliphatic heterocycles. The first kappa shape index (κ1) is 19.7. The summed E-state index contributed by atoms with van der Waals surface area (Å²) >= 11 is 0. The van der Waals surface area contributed by atoms with E-state index >= 15 is 0 Å². The summed E-state index contributed by atoms with van der Waals surface area (Å²) in [5, 5.41) is 3.27. The standard InChI is InChI=1S/C21H26N4O3/c1-4-28-21(27)25-9-7-24(8-10-25)20(26)17-5-6-19(22-14-17)23-18-12-15(2)11-16(3)13-18/h5-6,11-14H,4,7-10H2,1-3H3,(H,22,23). The second kappa shape index (κ2) is 8.73. The Kier molecular flexibility index (Phi) is 6.13. The van der Waals surface area contributed by atoms with E-state index in [1.165, 1.54) is 11.1 Å². The Balaban J connectivity index is 1.59. The van der Waals surface area contributed by atoms with E-state index in [2.05, 4.69) is 42.3 Å². The van der Waals surface area contributed by atoms with Crippen molar-refractivity contribution in [2.45, 2.75) is 20.8 Å². The Morgan fingerprint density at radius 3 is 2.25 bits per heavy atom. The number of hydrogen-bond donors (Lipinski definition) is 1. The van der Waals surface area contributed by atoms with Crippen LogP contribution in [0.15, 0.2) is 36.5 Å². The molecule has 2 amide bonds. The Morgan fingerprint density at radius 1 is 1.04 bits per heavy atom. The maximum atomic E-state index is 12.7. The van der Waals surface area contributed by atoms with Gasteiger partial charge < -0.3 is 19.9 Å². The van der Waals surface area contributed by atoms with Crippen molar-refractivity contribution in [1.82, 2.24) is 14.8 Å². The molecular formula is C21H26N4O3. The van der Waals surface area contributed by atoms with E-state index in [1.54, 1.807) is 35.1 Å². The van der Waals surface area contributed by atoms with E-state index in [1.807, 2.05) is 0 Å². The molecule has 2 heterocycles. The topological polar surface area (TPSA) is 74.8 Å². The number of pyridine rings is 1. The van der Waals surface area contributed by atoms with E-state index in [0.717, 1.165) is 5.69 Å². The number of nitrogens with one attached hydrogen (secondary N) is 1. The summed E-state index contributed by atoms with van der Waals surface area (Å²) in [6.07, 6.45) is 1.27. The number of aryl methyl sites for hydroxylation is 2. The SMILES string of the molecule is CCOC(=O)N1CCN(C(=O)c2ccc(Nc3cc(C)cc(C)c3)nc2)CC1. The van der Waals surface area contributed by atoms with Gasteiger partial charge in [0.15, 0.2) is 0 Å². The van der Waals surface area contributed by atoms with E-state index in [0.29, 0.717) is 44.2 Å². The molecule has 7 nitrogen and oxygen atoms in total. The van der Waals surface area contributed by atoms with Crippen LogP contribution in [0.1, 0.15) is 28.4 Å². The fourth-order valence-corrected chi connectivity index (χ4v) is 3.28. The zero-order chi connectivity index (χ0) is 20.1. The van der Waals surface area contributed by atoms with Crippen molar-refractivity contribution in [3.8, 4) is 0 Å². The first-order valence-electron chi connectivity index (χ1n) is 9.48. The second-order valence-electron chi connectivity index (χ2n) is 6.91. The lowest BCUT2D eigenvalue weighted by Gasteiger charge is -2.34. The van der Waals surface area contributed by atoms with Crippen molar-refractivity contribution in [2.75, 3.05) is 38.1 Å². The van der Waals surface area contributed by atoms with Gasteiger partial charge in [-0.25, -0.2) is 9.78 Å². The van der Waals surface area contributed by atoms with Crippen LogP contribution in [0.3, 0.4) is 0 Å². The maximum Gasteiger partial charge on any atom is 0.409 e. The molecule has 7 heteroatoms. The Labute approximate surface area is 165 Å². The Bertz CT molecular complexity index is 823. The van der Waals surface area contributed by atoms with Gasteiger partial charge >= 0.3 is 6.09 Å². The molecule has 0 spiro atoms. The third-order valence-corrected chi connectivity index (χ3v) is 4.60. The fourth-order valence-electron chi connectivity index (χ4n) is 3.28. The van der Waals surface area contributed by atoms with Gasteiger partial charge in [-0.05, 0) is 56.2 Å². The number of benzene rings is 1. The van der Waals surface area contributed by atoms with Crippen LogP contribution in [-0.4, -0.2) is 59.6 Å². The van der Waals surface area contributed by atoms with Gasteiger partial charge in [-0.2, -0.15) is 0 Å². The predicted octanol–water partition coefficient (Wildman–Crippen LogP) is 3.36. The second-order valence-corrected chi connectivity index (χ2v) is 6.91. The number of piperazine rings is 1. The van der Waals surface area contributed by atoms with Gasteiger partial charge in [0.2, 0.25) is 0 Å². The van der Waals surface area contributed by atoms with Crippen molar-refractivity contribution in [2.24, 2.45) is 0 Å². The number of hydrogen-bond acceptors (Lipinski definition) is 5. The highest BCUT2D eigenvalue weighted by atomic mass is 16.6. The molecule has 0 radical (unpaired) electrons. The summed E-state index contributed by atoms with van der Waals surface area (Å²) in [4.78, 5) is 32.2. The number of nitrogens with zero attached hydrogens (tertiary/aromatic N) is 3. The molecule has 2 aromatic rings. The maximum absolute atomic E-state index is 12.7. The minimum atomic E-state index is -0.321. The monoisotopic (exact) mass is 382 g/mol. The summed E-state index contributed by atoms with van der Waals surface area (Å²) < 4.78 is 5.00. The van der Waals surface area contributed by atoms with Gasteiger partial charge in [0, 0.05) is 38.1 Å². The van der Waals surface area contributed by atoms with Gasteiger partial charge in [-0.15, -0.1) is 0 Å². The van der Waals surface area contributed by atoms with Gasteiger partial charge in [0.1, 0.15) is 5.82 Å². The number of anilines is 2. The molecule has 3 rings (SSSR count). The summed E-state index contributed by atoms with van der Waals surface area (Å²) in [6.45, 7) is 8.16. The van der Waals surface area contributed by atoms with Crippen LogP contribution in [0.4, 0.5) is 16.3 Å². The molecule has 0 atom stereocenters. The molecule has 0 saturated carbocycles. The number of carbonyl (C=O) groups excluding carboxylic acids is 2. The van der Waals surface area contributed by atoms with E-state index in [4.69, 9.17) is 4.74 Å². The molecule has 1 aromatic carbocycles. The van der Waals surface area contributed by atoms with Crippen molar-refractivity contribution in [3.63, 3.8) is 0 Å². The Morgan fingerprint density at radius 2 is 1.68 bits per heavy atom. The largest absolute Gasteiger partial charge is 0.450 e. The van der Waals surface area contributed by atoms with E-state index in [-0.39, 0.29) is 12.0 Å². The third-order valence-electron chi connectivity index (χ3n) is 4.60. The Hall–Kier alpha value is -3.09. The fraction of sp³-hybridized carbons (Fsp3) is 0.381. The van der Waals surface area contributed by atoms with Crippen LogP contribution in [-0.2, 0) is 4.74 Å². The van der Waals surface area contributed by atoms with Crippen molar-refractivity contribution >= 4 is 23.5 Å². The van der Waals surface area contributed by atoms with Crippen molar-refractivity contribution in [3.05, 3.63) is 53.2 Å². The van der Waals surface area contributed by atoms with Gasteiger partial charge in [0.05, 0.1) is 12.2 Å². The quantitative estimate of drug-likeness (QED) is 0.878. The molecule has 1 N–H and O–H groups in total. The summed E-state index contributed by atoms with van der Waals surface area (Å²) in [6, 6.07) is 9.80. The first-order chi connectivity index (χ1) is 13.5. The van der Waals surface area contributed by atoms with E-state index < -0.39 is 0 Å². The minimum Gasteiger partial charge on any atom is -0.450 e. The lowest BCUT2D eigenvalue weighted by atomic mass is 10.1. The van der Waals surface area contributed by atoms with Gasteiger partial charge in [-0.3, -0.25) is 4.79 Å². The molecule has 1 aliphatic rings. The molecule has 0 bridgehead atoms. The molecule has 1 fully saturated rings. The highest BCUT2D eigenvalue weighted by molar-refractivity contribution is 5.94. The minimum absolute atomic E-state index is 0.0750. The van der Waals surface area contributed by atoms with Crippen LogP contribution in [0.2, 0.25) is 0 Å². The number of aromatic nitrogens is 1. The average molecular weight is 382 g/mol. The molecule has 1 aromatic heterocycles. The van der Waals surface area contributed by atoms with Crippen LogP contribution in [0.25, 0.3) is 0 Å². The number of ether oxygens (including phenoxy) is 1. The van der Waals surface area contributed by atoms with Crippen LogP contribution >= 0.6 is 0 Å². The molecule has 0 unspecified atom stereocenters. The zero-order valence-corrected chi connectivity index (χ0v) is 16.6.